The number of aryl methyl sites for hydroxylation is 2. The maximum atomic E-state index is 12.8. The number of hydrogen-bond donors (Lipinski definition) is 0. The number of amides is 1. The zero-order chi connectivity index (χ0) is 20.2. The molecule has 3 nitrogen and oxygen atoms in total. The summed E-state index contributed by atoms with van der Waals surface area (Å²) < 4.78 is 0. The van der Waals surface area contributed by atoms with Crippen LogP contribution in [0.3, 0.4) is 0 Å². The number of nitrogens with zero attached hydrogens (tertiary/aromatic N) is 2. The normalized spacial score (nSPS) is 15.9. The Kier molecular flexibility index (Phi) is 5.77. The molecule has 0 aromatic heterocycles. The minimum absolute atomic E-state index is 0.133. The molecule has 1 amide bonds. The lowest BCUT2D eigenvalue weighted by Gasteiger charge is -2.40. The minimum atomic E-state index is 0.133. The molecule has 0 unspecified atom stereocenters. The average Bonchev–Trinajstić information content (AvgIpc) is 2.78. The highest BCUT2D eigenvalue weighted by atomic mass is 16.2. The van der Waals surface area contributed by atoms with Crippen molar-refractivity contribution in [1.29, 1.82) is 0 Å². The molecule has 0 spiro atoms. The molecule has 1 aliphatic heterocycles. The van der Waals surface area contributed by atoms with E-state index in [2.05, 4.69) is 67.3 Å². The molecule has 1 aliphatic rings. The molecule has 148 valence electrons. The van der Waals surface area contributed by atoms with E-state index < -0.39 is 0 Å². The first-order chi connectivity index (χ1) is 14.1. The Balaban J connectivity index is 1.57. The van der Waals surface area contributed by atoms with Gasteiger partial charge in [0.1, 0.15) is 0 Å². The van der Waals surface area contributed by atoms with Crippen LogP contribution in [0.25, 0.3) is 0 Å². The second-order valence-corrected chi connectivity index (χ2v) is 7.87. The minimum Gasteiger partial charge on any atom is -0.336 e. The lowest BCUT2D eigenvalue weighted by Crippen LogP contribution is -2.50. The summed E-state index contributed by atoms with van der Waals surface area (Å²) >= 11 is 0. The third-order valence-corrected chi connectivity index (χ3v) is 5.83. The van der Waals surface area contributed by atoms with Crippen LogP contribution in [0.4, 0.5) is 0 Å². The summed E-state index contributed by atoms with van der Waals surface area (Å²) in [5.41, 5.74) is 6.04. The van der Waals surface area contributed by atoms with Gasteiger partial charge in [-0.25, -0.2) is 0 Å². The van der Waals surface area contributed by atoms with Gasteiger partial charge in [0.25, 0.3) is 5.91 Å². The molecule has 3 aromatic carbocycles. The fourth-order valence-corrected chi connectivity index (χ4v) is 4.22. The Bertz CT molecular complexity index is 961. The Morgan fingerprint density at radius 2 is 1.41 bits per heavy atom. The lowest BCUT2D eigenvalue weighted by molar-refractivity contribution is 0.0597. The molecule has 0 saturated carbocycles. The van der Waals surface area contributed by atoms with E-state index in [-0.39, 0.29) is 11.9 Å². The van der Waals surface area contributed by atoms with Crippen LogP contribution in [0.1, 0.15) is 38.7 Å². The zero-order valence-electron chi connectivity index (χ0n) is 17.2. The first-order valence-corrected chi connectivity index (χ1v) is 10.3. The maximum absolute atomic E-state index is 12.8. The fourth-order valence-electron chi connectivity index (χ4n) is 4.22. The molecule has 1 heterocycles. The molecular formula is C26H28N2O. The summed E-state index contributed by atoms with van der Waals surface area (Å²) in [6, 6.07) is 27.3. The summed E-state index contributed by atoms with van der Waals surface area (Å²) in [5, 5.41) is 0. The SMILES string of the molecule is Cc1ccc(C)c([C@@H](c2ccccc2)N2CCN(C(=O)c3ccccc3)CC2)c1. The first kappa shape index (κ1) is 19.4. The van der Waals surface area contributed by atoms with Crippen LogP contribution in [0, 0.1) is 13.8 Å². The van der Waals surface area contributed by atoms with Gasteiger partial charge in [-0.1, -0.05) is 72.3 Å². The Labute approximate surface area is 173 Å². The molecule has 0 aliphatic carbocycles. The van der Waals surface area contributed by atoms with E-state index >= 15 is 0 Å². The lowest BCUT2D eigenvalue weighted by atomic mass is 9.92. The summed E-state index contributed by atoms with van der Waals surface area (Å²) in [5.74, 6) is 0.133. The molecule has 1 atom stereocenters. The summed E-state index contributed by atoms with van der Waals surface area (Å²) in [6.45, 7) is 7.59. The number of piperazine rings is 1. The van der Waals surface area contributed by atoms with Crippen LogP contribution < -0.4 is 0 Å². The van der Waals surface area contributed by atoms with Gasteiger partial charge in [-0.3, -0.25) is 9.69 Å². The second-order valence-electron chi connectivity index (χ2n) is 7.87. The largest absolute Gasteiger partial charge is 0.336 e. The van der Waals surface area contributed by atoms with Crippen molar-refractivity contribution in [2.75, 3.05) is 26.2 Å². The molecule has 1 saturated heterocycles. The van der Waals surface area contributed by atoms with Gasteiger partial charge in [-0.15, -0.1) is 0 Å². The topological polar surface area (TPSA) is 23.6 Å². The average molecular weight is 385 g/mol. The van der Waals surface area contributed by atoms with Crippen molar-refractivity contribution in [3.8, 4) is 0 Å². The van der Waals surface area contributed by atoms with Crippen molar-refractivity contribution in [2.24, 2.45) is 0 Å². The summed E-state index contributed by atoms with van der Waals surface area (Å²) in [4.78, 5) is 17.3. The van der Waals surface area contributed by atoms with Gasteiger partial charge >= 0.3 is 0 Å². The Hall–Kier alpha value is -2.91. The van der Waals surface area contributed by atoms with Gasteiger partial charge in [0.15, 0.2) is 0 Å². The molecule has 3 aromatic rings. The molecule has 0 bridgehead atoms. The predicted octanol–water partition coefficient (Wildman–Crippen LogP) is 4.85. The van der Waals surface area contributed by atoms with Gasteiger partial charge in [0, 0.05) is 31.7 Å². The number of carbonyl (C=O) groups excluding carboxylic acids is 1. The van der Waals surface area contributed by atoms with Gasteiger partial charge in [0.2, 0.25) is 0 Å². The molecule has 4 rings (SSSR count). The summed E-state index contributed by atoms with van der Waals surface area (Å²) in [7, 11) is 0. The van der Waals surface area contributed by atoms with E-state index in [0.29, 0.717) is 0 Å². The van der Waals surface area contributed by atoms with Crippen LogP contribution >= 0.6 is 0 Å². The Morgan fingerprint density at radius 1 is 0.793 bits per heavy atom. The van der Waals surface area contributed by atoms with Crippen LogP contribution in [-0.2, 0) is 0 Å². The first-order valence-electron chi connectivity index (χ1n) is 10.3. The molecule has 3 heteroatoms. The van der Waals surface area contributed by atoms with E-state index in [4.69, 9.17) is 0 Å². The maximum Gasteiger partial charge on any atom is 0.253 e. The highest BCUT2D eigenvalue weighted by molar-refractivity contribution is 5.94. The standard InChI is InChI=1S/C26H28N2O/c1-20-13-14-21(2)24(19-20)25(22-9-5-3-6-10-22)27-15-17-28(18-16-27)26(29)23-11-7-4-8-12-23/h3-14,19,25H,15-18H2,1-2H3/t25-/m1/s1. The Morgan fingerprint density at radius 3 is 2.07 bits per heavy atom. The van der Waals surface area contributed by atoms with Crippen molar-refractivity contribution >= 4 is 5.91 Å². The number of rotatable bonds is 4. The van der Waals surface area contributed by atoms with Crippen molar-refractivity contribution in [3.05, 3.63) is 107 Å². The molecule has 29 heavy (non-hydrogen) atoms. The molecule has 0 radical (unpaired) electrons. The fraction of sp³-hybridized carbons (Fsp3) is 0.269. The van der Waals surface area contributed by atoms with Crippen molar-refractivity contribution in [3.63, 3.8) is 0 Å². The molecule has 0 N–H and O–H groups in total. The number of hydrogen-bond acceptors (Lipinski definition) is 2. The highest BCUT2D eigenvalue weighted by Gasteiger charge is 2.29. The van der Waals surface area contributed by atoms with Crippen molar-refractivity contribution in [1.82, 2.24) is 9.80 Å². The quantitative estimate of drug-likeness (QED) is 0.642. The van der Waals surface area contributed by atoms with Gasteiger partial charge in [-0.2, -0.15) is 0 Å². The third kappa shape index (κ3) is 4.25. The van der Waals surface area contributed by atoms with Crippen LogP contribution in [0.15, 0.2) is 78.9 Å². The smallest absolute Gasteiger partial charge is 0.253 e. The zero-order valence-corrected chi connectivity index (χ0v) is 17.2. The van der Waals surface area contributed by atoms with Crippen LogP contribution in [-0.4, -0.2) is 41.9 Å². The van der Waals surface area contributed by atoms with Gasteiger partial charge in [0.05, 0.1) is 6.04 Å². The van der Waals surface area contributed by atoms with Crippen LogP contribution in [0.2, 0.25) is 0 Å². The predicted molar refractivity (Wildman–Crippen MR) is 118 cm³/mol. The van der Waals surface area contributed by atoms with E-state index in [9.17, 15) is 4.79 Å². The highest BCUT2D eigenvalue weighted by Crippen LogP contribution is 2.32. The third-order valence-electron chi connectivity index (χ3n) is 5.83. The number of benzene rings is 3. The van der Waals surface area contributed by atoms with Crippen molar-refractivity contribution in [2.45, 2.75) is 19.9 Å². The van der Waals surface area contributed by atoms with Crippen molar-refractivity contribution < 1.29 is 4.79 Å². The van der Waals surface area contributed by atoms with E-state index in [1.165, 1.54) is 22.3 Å². The van der Waals surface area contributed by atoms with E-state index in [0.717, 1.165) is 31.7 Å². The van der Waals surface area contributed by atoms with E-state index in [1.54, 1.807) is 0 Å². The number of carbonyl (C=O) groups is 1. The molecule has 1 fully saturated rings. The van der Waals surface area contributed by atoms with Gasteiger partial charge in [-0.05, 0) is 42.7 Å². The summed E-state index contributed by atoms with van der Waals surface area (Å²) in [6.07, 6.45) is 0. The van der Waals surface area contributed by atoms with E-state index in [1.807, 2.05) is 35.2 Å². The monoisotopic (exact) mass is 384 g/mol. The molecular weight excluding hydrogens is 356 g/mol. The van der Waals surface area contributed by atoms with Gasteiger partial charge < -0.3 is 4.90 Å². The second kappa shape index (κ2) is 8.62. The van der Waals surface area contributed by atoms with Crippen LogP contribution in [0.5, 0.6) is 0 Å².